The zero-order valence-corrected chi connectivity index (χ0v) is 8.08. The van der Waals surface area contributed by atoms with Gasteiger partial charge >= 0.3 is 0 Å². The molecular weight excluding hydrogens is 160 g/mol. The van der Waals surface area contributed by atoms with E-state index in [0.717, 1.165) is 11.1 Å². The first-order chi connectivity index (χ1) is 6.16. The second kappa shape index (κ2) is 4.04. The summed E-state index contributed by atoms with van der Waals surface area (Å²) in [6, 6.07) is 7.54. The highest BCUT2D eigenvalue weighted by Gasteiger charge is 2.12. The molecule has 0 bridgehead atoms. The number of ketones is 1. The molecular formula is C12H14O. The number of rotatable bonds is 3. The number of benzene rings is 1. The molecule has 0 unspecified atom stereocenters. The van der Waals surface area contributed by atoms with Crippen LogP contribution >= 0.6 is 0 Å². The van der Waals surface area contributed by atoms with E-state index in [9.17, 15) is 4.79 Å². The van der Waals surface area contributed by atoms with Crippen molar-refractivity contribution in [2.24, 2.45) is 5.92 Å². The van der Waals surface area contributed by atoms with Crippen LogP contribution in [-0.4, -0.2) is 5.78 Å². The van der Waals surface area contributed by atoms with E-state index in [4.69, 9.17) is 0 Å². The van der Waals surface area contributed by atoms with Gasteiger partial charge in [-0.05, 0) is 5.56 Å². The molecule has 0 saturated heterocycles. The molecule has 0 saturated carbocycles. The van der Waals surface area contributed by atoms with Gasteiger partial charge in [0.15, 0.2) is 5.78 Å². The third-order valence-corrected chi connectivity index (χ3v) is 1.97. The van der Waals surface area contributed by atoms with Crippen molar-refractivity contribution in [3.8, 4) is 0 Å². The van der Waals surface area contributed by atoms with E-state index in [1.165, 1.54) is 0 Å². The standard InChI is InChI=1S/C12H14O/c1-4-10-7-5-6-8-11(10)12(13)9(2)3/h4-9H,1H2,2-3H3. The lowest BCUT2D eigenvalue weighted by Gasteiger charge is -2.06. The minimum atomic E-state index is 0.0427. The molecule has 0 amide bonds. The molecule has 1 aromatic carbocycles. The van der Waals surface area contributed by atoms with Crippen LogP contribution in [0.3, 0.4) is 0 Å². The zero-order chi connectivity index (χ0) is 9.84. The van der Waals surface area contributed by atoms with Gasteiger partial charge in [0.1, 0.15) is 0 Å². The predicted octanol–water partition coefficient (Wildman–Crippen LogP) is 3.17. The maximum absolute atomic E-state index is 11.7. The fourth-order valence-electron chi connectivity index (χ4n) is 1.21. The summed E-state index contributed by atoms with van der Waals surface area (Å²) in [7, 11) is 0. The van der Waals surface area contributed by atoms with Gasteiger partial charge in [0.2, 0.25) is 0 Å². The highest BCUT2D eigenvalue weighted by Crippen LogP contribution is 2.14. The normalized spacial score (nSPS) is 10.1. The first kappa shape index (κ1) is 9.72. The molecule has 0 N–H and O–H groups in total. The predicted molar refractivity (Wildman–Crippen MR) is 55.7 cm³/mol. The highest BCUT2D eigenvalue weighted by molar-refractivity contribution is 6.00. The summed E-state index contributed by atoms with van der Waals surface area (Å²) in [6.45, 7) is 7.49. The van der Waals surface area contributed by atoms with Crippen LogP contribution in [0.15, 0.2) is 30.8 Å². The largest absolute Gasteiger partial charge is 0.294 e. The molecule has 0 aromatic heterocycles. The molecule has 1 nitrogen and oxygen atoms in total. The molecule has 68 valence electrons. The van der Waals surface area contributed by atoms with Crippen molar-refractivity contribution in [2.75, 3.05) is 0 Å². The topological polar surface area (TPSA) is 17.1 Å². The van der Waals surface area contributed by atoms with Crippen LogP contribution in [0.1, 0.15) is 29.8 Å². The van der Waals surface area contributed by atoms with Crippen molar-refractivity contribution in [3.05, 3.63) is 42.0 Å². The molecule has 0 aliphatic carbocycles. The monoisotopic (exact) mass is 174 g/mol. The molecule has 0 heterocycles. The van der Waals surface area contributed by atoms with E-state index in [1.807, 2.05) is 38.1 Å². The lowest BCUT2D eigenvalue weighted by atomic mass is 9.97. The first-order valence-electron chi connectivity index (χ1n) is 4.42. The maximum atomic E-state index is 11.7. The summed E-state index contributed by atoms with van der Waals surface area (Å²) >= 11 is 0. The van der Waals surface area contributed by atoms with Gasteiger partial charge in [-0.15, -0.1) is 0 Å². The van der Waals surface area contributed by atoms with E-state index in [2.05, 4.69) is 6.58 Å². The fourth-order valence-corrected chi connectivity index (χ4v) is 1.21. The van der Waals surface area contributed by atoms with E-state index in [-0.39, 0.29) is 11.7 Å². The lowest BCUT2D eigenvalue weighted by molar-refractivity contribution is 0.0939. The Morgan fingerprint density at radius 3 is 2.54 bits per heavy atom. The van der Waals surface area contributed by atoms with Crippen LogP contribution < -0.4 is 0 Å². The quantitative estimate of drug-likeness (QED) is 0.643. The smallest absolute Gasteiger partial charge is 0.165 e. The van der Waals surface area contributed by atoms with Crippen LogP contribution in [0.2, 0.25) is 0 Å². The van der Waals surface area contributed by atoms with Crippen LogP contribution in [0.25, 0.3) is 6.08 Å². The molecule has 1 rings (SSSR count). The Morgan fingerprint density at radius 2 is 2.00 bits per heavy atom. The van der Waals surface area contributed by atoms with E-state index < -0.39 is 0 Å². The molecule has 0 fully saturated rings. The fraction of sp³-hybridized carbons (Fsp3) is 0.250. The summed E-state index contributed by atoms with van der Waals surface area (Å²) in [4.78, 5) is 11.7. The van der Waals surface area contributed by atoms with Gasteiger partial charge in [-0.3, -0.25) is 4.79 Å². The average molecular weight is 174 g/mol. The number of hydrogen-bond acceptors (Lipinski definition) is 1. The van der Waals surface area contributed by atoms with Gasteiger partial charge < -0.3 is 0 Å². The van der Waals surface area contributed by atoms with Gasteiger partial charge in [-0.1, -0.05) is 50.8 Å². The Kier molecular flexibility index (Phi) is 3.02. The maximum Gasteiger partial charge on any atom is 0.165 e. The first-order valence-corrected chi connectivity index (χ1v) is 4.42. The van der Waals surface area contributed by atoms with Crippen molar-refractivity contribution >= 4 is 11.9 Å². The number of hydrogen-bond donors (Lipinski definition) is 0. The summed E-state index contributed by atoms with van der Waals surface area (Å²) in [6.07, 6.45) is 1.72. The van der Waals surface area contributed by atoms with Crippen LogP contribution in [0.5, 0.6) is 0 Å². The van der Waals surface area contributed by atoms with Gasteiger partial charge in [-0.25, -0.2) is 0 Å². The van der Waals surface area contributed by atoms with Crippen molar-refractivity contribution in [2.45, 2.75) is 13.8 Å². The van der Waals surface area contributed by atoms with Crippen molar-refractivity contribution in [1.82, 2.24) is 0 Å². The Hall–Kier alpha value is -1.37. The molecule has 0 radical (unpaired) electrons. The van der Waals surface area contributed by atoms with Gasteiger partial charge in [0.25, 0.3) is 0 Å². The zero-order valence-electron chi connectivity index (χ0n) is 8.08. The van der Waals surface area contributed by atoms with E-state index in [0.29, 0.717) is 0 Å². The molecule has 13 heavy (non-hydrogen) atoms. The summed E-state index contributed by atoms with van der Waals surface area (Å²) in [5.41, 5.74) is 1.69. The second-order valence-electron chi connectivity index (χ2n) is 3.31. The summed E-state index contributed by atoms with van der Waals surface area (Å²) in [5, 5.41) is 0. The van der Waals surface area contributed by atoms with Crippen molar-refractivity contribution < 1.29 is 4.79 Å². The van der Waals surface area contributed by atoms with E-state index >= 15 is 0 Å². The number of carbonyl (C=O) groups excluding carboxylic acids is 1. The Labute approximate surface area is 79.1 Å². The Morgan fingerprint density at radius 1 is 1.38 bits per heavy atom. The highest BCUT2D eigenvalue weighted by atomic mass is 16.1. The average Bonchev–Trinajstić information content (AvgIpc) is 2.16. The third-order valence-electron chi connectivity index (χ3n) is 1.97. The van der Waals surface area contributed by atoms with Gasteiger partial charge in [0.05, 0.1) is 0 Å². The Balaban J connectivity index is 3.13. The molecule has 0 aliphatic heterocycles. The van der Waals surface area contributed by atoms with Gasteiger partial charge in [-0.2, -0.15) is 0 Å². The van der Waals surface area contributed by atoms with Crippen LogP contribution in [-0.2, 0) is 0 Å². The SMILES string of the molecule is C=Cc1ccccc1C(=O)C(C)C. The van der Waals surface area contributed by atoms with E-state index in [1.54, 1.807) is 6.08 Å². The number of Topliss-reactive ketones (excluding diaryl/α,β-unsaturated/α-hetero) is 1. The van der Waals surface area contributed by atoms with Gasteiger partial charge in [0, 0.05) is 11.5 Å². The van der Waals surface area contributed by atoms with Crippen molar-refractivity contribution in [1.29, 1.82) is 0 Å². The summed E-state index contributed by atoms with van der Waals surface area (Å²) in [5.74, 6) is 0.219. The summed E-state index contributed by atoms with van der Waals surface area (Å²) < 4.78 is 0. The molecule has 0 spiro atoms. The Bertz CT molecular complexity index is 324. The van der Waals surface area contributed by atoms with Crippen LogP contribution in [0, 0.1) is 5.92 Å². The molecule has 1 heteroatoms. The third kappa shape index (κ3) is 2.05. The number of carbonyl (C=O) groups is 1. The lowest BCUT2D eigenvalue weighted by Crippen LogP contribution is -2.08. The van der Waals surface area contributed by atoms with Crippen LogP contribution in [0.4, 0.5) is 0 Å². The van der Waals surface area contributed by atoms with Crippen molar-refractivity contribution in [3.63, 3.8) is 0 Å². The molecule has 0 aliphatic rings. The molecule has 0 atom stereocenters. The molecule has 1 aromatic rings. The second-order valence-corrected chi connectivity index (χ2v) is 3.31. The minimum Gasteiger partial charge on any atom is -0.294 e. The minimum absolute atomic E-state index is 0.0427.